The van der Waals surface area contributed by atoms with Gasteiger partial charge in [0.05, 0.1) is 19.1 Å². The first-order chi connectivity index (χ1) is 9.24. The first-order valence-electron chi connectivity index (χ1n) is 6.11. The van der Waals surface area contributed by atoms with Crippen molar-refractivity contribution >= 4 is 17.0 Å². The third-order valence-corrected chi connectivity index (χ3v) is 2.81. The lowest BCUT2D eigenvalue weighted by Gasteiger charge is -2.05. The number of carbonyl (C=O) groups excluding carboxylic acids is 1. The Morgan fingerprint density at radius 2 is 2.37 bits per heavy atom. The molecule has 0 unspecified atom stereocenters. The van der Waals surface area contributed by atoms with Gasteiger partial charge in [-0.05, 0) is 30.2 Å². The van der Waals surface area contributed by atoms with E-state index in [4.69, 9.17) is 10.00 Å². The molecule has 19 heavy (non-hydrogen) atoms. The maximum atomic E-state index is 11.2. The summed E-state index contributed by atoms with van der Waals surface area (Å²) in [6, 6.07) is 7.99. The van der Waals surface area contributed by atoms with E-state index in [2.05, 4.69) is 16.4 Å². The standard InChI is InChI=1S/C14H15N3O2/c1-2-19-14(18)17-8-10-3-4-13-12(7-10)11(5-6-15)9-16-13/h3-4,7,9,16H,2,5,8H2,1H3,(H,17,18). The topological polar surface area (TPSA) is 77.9 Å². The molecule has 1 heterocycles. The lowest BCUT2D eigenvalue weighted by atomic mass is 10.1. The summed E-state index contributed by atoms with van der Waals surface area (Å²) in [5, 5.41) is 12.5. The number of aromatic amines is 1. The highest BCUT2D eigenvalue weighted by Crippen LogP contribution is 2.20. The smallest absolute Gasteiger partial charge is 0.407 e. The molecule has 5 heteroatoms. The first-order valence-corrected chi connectivity index (χ1v) is 6.11. The van der Waals surface area contributed by atoms with Gasteiger partial charge in [-0.25, -0.2) is 4.79 Å². The Bertz CT molecular complexity index is 625. The van der Waals surface area contributed by atoms with E-state index < -0.39 is 6.09 Å². The molecule has 0 aliphatic carbocycles. The summed E-state index contributed by atoms with van der Waals surface area (Å²) < 4.78 is 4.80. The summed E-state index contributed by atoms with van der Waals surface area (Å²) in [6.45, 7) is 2.53. The minimum Gasteiger partial charge on any atom is -0.450 e. The van der Waals surface area contributed by atoms with Crippen molar-refractivity contribution in [3.05, 3.63) is 35.5 Å². The summed E-state index contributed by atoms with van der Waals surface area (Å²) in [7, 11) is 0. The van der Waals surface area contributed by atoms with E-state index in [0.717, 1.165) is 22.0 Å². The molecule has 98 valence electrons. The zero-order chi connectivity index (χ0) is 13.7. The molecule has 2 rings (SSSR count). The number of hydrogen-bond donors (Lipinski definition) is 2. The Hall–Kier alpha value is -2.48. The molecule has 1 amide bonds. The van der Waals surface area contributed by atoms with E-state index in [1.165, 1.54) is 0 Å². The minimum atomic E-state index is -0.422. The molecule has 0 atom stereocenters. The van der Waals surface area contributed by atoms with Crippen LogP contribution in [0.3, 0.4) is 0 Å². The summed E-state index contributed by atoms with van der Waals surface area (Å²) >= 11 is 0. The SMILES string of the molecule is CCOC(=O)NCc1ccc2[nH]cc(CC#N)c2c1. The number of nitriles is 1. The van der Waals surface area contributed by atoms with Crippen LogP contribution in [0.1, 0.15) is 18.1 Å². The van der Waals surface area contributed by atoms with Crippen LogP contribution in [0.4, 0.5) is 4.79 Å². The van der Waals surface area contributed by atoms with Crippen LogP contribution in [0.5, 0.6) is 0 Å². The molecule has 0 fully saturated rings. The Kier molecular flexibility index (Phi) is 4.04. The number of nitrogens with one attached hydrogen (secondary N) is 2. The van der Waals surface area contributed by atoms with E-state index in [9.17, 15) is 4.79 Å². The molecular weight excluding hydrogens is 242 g/mol. The molecule has 0 spiro atoms. The number of amides is 1. The van der Waals surface area contributed by atoms with Crippen molar-refractivity contribution in [2.24, 2.45) is 0 Å². The number of fused-ring (bicyclic) bond motifs is 1. The van der Waals surface area contributed by atoms with E-state index in [0.29, 0.717) is 19.6 Å². The Morgan fingerprint density at radius 3 is 3.11 bits per heavy atom. The number of hydrogen-bond acceptors (Lipinski definition) is 3. The fraction of sp³-hybridized carbons (Fsp3) is 0.286. The van der Waals surface area contributed by atoms with Crippen LogP contribution in [-0.4, -0.2) is 17.7 Å². The Morgan fingerprint density at radius 1 is 1.53 bits per heavy atom. The Labute approximate surface area is 111 Å². The molecule has 0 saturated heterocycles. The summed E-state index contributed by atoms with van der Waals surface area (Å²) in [5.41, 5.74) is 2.93. The van der Waals surface area contributed by atoms with Crippen LogP contribution >= 0.6 is 0 Å². The molecule has 0 saturated carbocycles. The zero-order valence-electron chi connectivity index (χ0n) is 10.7. The second-order valence-corrected chi connectivity index (χ2v) is 4.10. The quantitative estimate of drug-likeness (QED) is 0.883. The van der Waals surface area contributed by atoms with Gasteiger partial charge in [0.1, 0.15) is 0 Å². The van der Waals surface area contributed by atoms with Crippen molar-refractivity contribution in [1.82, 2.24) is 10.3 Å². The normalized spacial score (nSPS) is 10.1. The fourth-order valence-electron chi connectivity index (χ4n) is 1.92. The molecule has 0 bridgehead atoms. The molecular formula is C14H15N3O2. The first kappa shape index (κ1) is 13.0. The Balaban J connectivity index is 2.14. The van der Waals surface area contributed by atoms with Crippen molar-refractivity contribution in [1.29, 1.82) is 5.26 Å². The van der Waals surface area contributed by atoms with E-state index in [1.807, 2.05) is 24.4 Å². The van der Waals surface area contributed by atoms with Gasteiger partial charge in [0, 0.05) is 23.6 Å². The molecule has 2 aromatic rings. The van der Waals surface area contributed by atoms with E-state index >= 15 is 0 Å². The molecule has 5 nitrogen and oxygen atoms in total. The number of H-pyrrole nitrogens is 1. The van der Waals surface area contributed by atoms with Crippen molar-refractivity contribution in [2.75, 3.05) is 6.61 Å². The number of carbonyl (C=O) groups is 1. The van der Waals surface area contributed by atoms with Crippen LogP contribution in [0.15, 0.2) is 24.4 Å². The van der Waals surface area contributed by atoms with Gasteiger partial charge in [-0.2, -0.15) is 5.26 Å². The number of rotatable bonds is 4. The zero-order valence-corrected chi connectivity index (χ0v) is 10.7. The van der Waals surface area contributed by atoms with Crippen molar-refractivity contribution in [3.63, 3.8) is 0 Å². The summed E-state index contributed by atoms with van der Waals surface area (Å²) in [6.07, 6.45) is 1.79. The molecule has 0 aliphatic heterocycles. The molecule has 0 aliphatic rings. The van der Waals surface area contributed by atoms with Gasteiger partial charge in [0.25, 0.3) is 0 Å². The monoisotopic (exact) mass is 257 g/mol. The van der Waals surface area contributed by atoms with Crippen molar-refractivity contribution < 1.29 is 9.53 Å². The van der Waals surface area contributed by atoms with Crippen LogP contribution in [0.2, 0.25) is 0 Å². The third kappa shape index (κ3) is 3.05. The van der Waals surface area contributed by atoms with Gasteiger partial charge >= 0.3 is 6.09 Å². The van der Waals surface area contributed by atoms with Gasteiger partial charge in [-0.1, -0.05) is 6.07 Å². The summed E-state index contributed by atoms with van der Waals surface area (Å²) in [5.74, 6) is 0. The molecule has 1 aromatic carbocycles. The van der Waals surface area contributed by atoms with Crippen LogP contribution in [-0.2, 0) is 17.7 Å². The van der Waals surface area contributed by atoms with Crippen LogP contribution < -0.4 is 5.32 Å². The largest absolute Gasteiger partial charge is 0.450 e. The average molecular weight is 257 g/mol. The number of nitrogens with zero attached hydrogens (tertiary/aromatic N) is 1. The van der Waals surface area contributed by atoms with E-state index in [-0.39, 0.29) is 0 Å². The predicted molar refractivity (Wildman–Crippen MR) is 71.5 cm³/mol. The predicted octanol–water partition coefficient (Wildman–Crippen LogP) is 2.48. The van der Waals surface area contributed by atoms with Crippen molar-refractivity contribution in [2.45, 2.75) is 19.9 Å². The van der Waals surface area contributed by atoms with Gasteiger partial charge < -0.3 is 15.0 Å². The lowest BCUT2D eigenvalue weighted by Crippen LogP contribution is -2.23. The lowest BCUT2D eigenvalue weighted by molar-refractivity contribution is 0.151. The highest BCUT2D eigenvalue weighted by molar-refractivity contribution is 5.84. The average Bonchev–Trinajstić information content (AvgIpc) is 2.80. The maximum Gasteiger partial charge on any atom is 0.407 e. The number of alkyl carbamates (subject to hydrolysis) is 1. The van der Waals surface area contributed by atoms with Gasteiger partial charge in [-0.15, -0.1) is 0 Å². The van der Waals surface area contributed by atoms with Gasteiger partial charge in [0.15, 0.2) is 0 Å². The highest BCUT2D eigenvalue weighted by Gasteiger charge is 2.05. The van der Waals surface area contributed by atoms with Gasteiger partial charge in [-0.3, -0.25) is 0 Å². The molecule has 1 aromatic heterocycles. The van der Waals surface area contributed by atoms with E-state index in [1.54, 1.807) is 6.92 Å². The fourth-order valence-corrected chi connectivity index (χ4v) is 1.92. The van der Waals surface area contributed by atoms with Gasteiger partial charge in [0.2, 0.25) is 0 Å². The maximum absolute atomic E-state index is 11.2. The number of benzene rings is 1. The molecule has 2 N–H and O–H groups in total. The van der Waals surface area contributed by atoms with Crippen molar-refractivity contribution in [3.8, 4) is 6.07 Å². The number of aromatic nitrogens is 1. The minimum absolute atomic E-state index is 0.356. The summed E-state index contributed by atoms with van der Waals surface area (Å²) in [4.78, 5) is 14.3. The number of ether oxygens (including phenoxy) is 1. The van der Waals surface area contributed by atoms with Crippen LogP contribution in [0, 0.1) is 11.3 Å². The molecule has 0 radical (unpaired) electrons. The highest BCUT2D eigenvalue weighted by atomic mass is 16.5. The second kappa shape index (κ2) is 5.91. The second-order valence-electron chi connectivity index (χ2n) is 4.10. The van der Waals surface area contributed by atoms with Crippen LogP contribution in [0.25, 0.3) is 10.9 Å². The third-order valence-electron chi connectivity index (χ3n) is 2.81.